The fourth-order valence-corrected chi connectivity index (χ4v) is 4.28. The highest BCUT2D eigenvalue weighted by molar-refractivity contribution is 7.13. The summed E-state index contributed by atoms with van der Waals surface area (Å²) in [4.78, 5) is 28.2. The number of nitrogens with zero attached hydrogens (tertiary/aromatic N) is 3. The molecule has 3 heterocycles. The number of ether oxygens (including phenoxy) is 1. The number of hydrogen-bond donors (Lipinski definition) is 0. The first kappa shape index (κ1) is 18.5. The van der Waals surface area contributed by atoms with Gasteiger partial charge in [-0.15, -0.1) is 10.2 Å². The number of fused-ring (bicyclic) bond motifs is 2. The first-order valence-electron chi connectivity index (χ1n) is 9.57. The lowest BCUT2D eigenvalue weighted by Crippen LogP contribution is -2.29. The summed E-state index contributed by atoms with van der Waals surface area (Å²) in [6.07, 6.45) is 0.876. The van der Waals surface area contributed by atoms with Gasteiger partial charge in [-0.1, -0.05) is 42.5 Å². The largest absolute Gasteiger partial charge is 0.494 e. The van der Waals surface area contributed by atoms with Gasteiger partial charge in [0.25, 0.3) is 5.91 Å². The highest BCUT2D eigenvalue weighted by Gasteiger charge is 2.45. The van der Waals surface area contributed by atoms with Gasteiger partial charge in [-0.3, -0.25) is 14.5 Å². The first-order valence-corrected chi connectivity index (χ1v) is 10.4. The highest BCUT2D eigenvalue weighted by atomic mass is 32.1. The van der Waals surface area contributed by atoms with Crippen molar-refractivity contribution in [2.24, 2.45) is 0 Å². The van der Waals surface area contributed by atoms with E-state index in [1.54, 1.807) is 29.8 Å². The zero-order chi connectivity index (χ0) is 20.7. The summed E-state index contributed by atoms with van der Waals surface area (Å²) in [6, 6.07) is 13.7. The summed E-state index contributed by atoms with van der Waals surface area (Å²) in [6.45, 7) is 2.61. The molecule has 0 fully saturated rings. The Hall–Kier alpha value is -3.52. The van der Waals surface area contributed by atoms with Crippen LogP contribution in [0, 0.1) is 0 Å². The Bertz CT molecular complexity index is 1300. The zero-order valence-electron chi connectivity index (χ0n) is 16.1. The summed E-state index contributed by atoms with van der Waals surface area (Å²) in [7, 11) is 0. The van der Waals surface area contributed by atoms with Gasteiger partial charge in [0.2, 0.25) is 10.9 Å². The molecule has 4 aromatic rings. The minimum absolute atomic E-state index is 0.0405. The second-order valence-electron chi connectivity index (χ2n) is 6.89. The maximum atomic E-state index is 13.4. The third-order valence-electron chi connectivity index (χ3n) is 4.98. The van der Waals surface area contributed by atoms with Gasteiger partial charge in [0.15, 0.2) is 5.43 Å². The van der Waals surface area contributed by atoms with Crippen molar-refractivity contribution >= 4 is 33.3 Å². The molecule has 0 aliphatic carbocycles. The average molecular weight is 419 g/mol. The molecule has 0 saturated carbocycles. The van der Waals surface area contributed by atoms with E-state index in [-0.39, 0.29) is 11.2 Å². The smallest absolute Gasteiger partial charge is 0.297 e. The van der Waals surface area contributed by atoms with E-state index in [0.29, 0.717) is 34.0 Å². The normalized spacial score (nSPS) is 15.6. The topological polar surface area (TPSA) is 85.5 Å². The van der Waals surface area contributed by atoms with Crippen LogP contribution in [0.2, 0.25) is 0 Å². The van der Waals surface area contributed by atoms with Crippen LogP contribution in [0.1, 0.15) is 41.1 Å². The summed E-state index contributed by atoms with van der Waals surface area (Å²) in [5.41, 5.74) is 2.76. The molecule has 2 aromatic carbocycles. The van der Waals surface area contributed by atoms with Crippen LogP contribution < -0.4 is 15.1 Å². The van der Waals surface area contributed by atoms with Crippen LogP contribution in [0.4, 0.5) is 5.13 Å². The first-order chi connectivity index (χ1) is 14.7. The van der Waals surface area contributed by atoms with E-state index in [4.69, 9.17) is 9.15 Å². The van der Waals surface area contributed by atoms with Crippen molar-refractivity contribution in [2.75, 3.05) is 11.5 Å². The molecule has 30 heavy (non-hydrogen) atoms. The number of carbonyl (C=O) groups is 1. The molecule has 150 valence electrons. The fourth-order valence-electron chi connectivity index (χ4n) is 3.70. The molecule has 0 saturated heterocycles. The van der Waals surface area contributed by atoms with Crippen LogP contribution in [0.5, 0.6) is 5.75 Å². The lowest BCUT2D eigenvalue weighted by molar-refractivity contribution is 0.0970. The van der Waals surface area contributed by atoms with Gasteiger partial charge < -0.3 is 9.15 Å². The summed E-state index contributed by atoms with van der Waals surface area (Å²) >= 11 is 1.23. The van der Waals surface area contributed by atoms with Gasteiger partial charge in [0.1, 0.15) is 16.8 Å². The van der Waals surface area contributed by atoms with Crippen molar-refractivity contribution in [1.82, 2.24) is 10.2 Å². The minimum atomic E-state index is -0.675. The molecule has 0 bridgehead atoms. The molecule has 7 nitrogen and oxygen atoms in total. The van der Waals surface area contributed by atoms with E-state index in [1.807, 2.05) is 31.2 Å². The molecule has 1 aliphatic heterocycles. The summed E-state index contributed by atoms with van der Waals surface area (Å²) in [5, 5.41) is 8.79. The molecule has 0 spiro atoms. The molecule has 0 radical (unpaired) electrons. The second kappa shape index (κ2) is 7.38. The van der Waals surface area contributed by atoms with Crippen LogP contribution in [0.3, 0.4) is 0 Å². The lowest BCUT2D eigenvalue weighted by Gasteiger charge is -2.22. The van der Waals surface area contributed by atoms with Crippen molar-refractivity contribution in [2.45, 2.75) is 19.4 Å². The average Bonchev–Trinajstić information content (AvgIpc) is 3.39. The number of carbonyl (C=O) groups excluding carboxylic acids is 1. The number of anilines is 1. The Kier molecular flexibility index (Phi) is 4.55. The van der Waals surface area contributed by atoms with E-state index in [1.165, 1.54) is 16.2 Å². The van der Waals surface area contributed by atoms with E-state index in [2.05, 4.69) is 10.2 Å². The van der Waals surface area contributed by atoms with Crippen molar-refractivity contribution in [1.29, 1.82) is 0 Å². The zero-order valence-corrected chi connectivity index (χ0v) is 16.9. The van der Waals surface area contributed by atoms with Crippen LogP contribution in [-0.2, 0) is 0 Å². The van der Waals surface area contributed by atoms with Gasteiger partial charge in [-0.2, -0.15) is 0 Å². The maximum Gasteiger partial charge on any atom is 0.297 e. The Balaban J connectivity index is 1.75. The third-order valence-corrected chi connectivity index (χ3v) is 5.67. The van der Waals surface area contributed by atoms with Gasteiger partial charge in [-0.25, -0.2) is 0 Å². The minimum Gasteiger partial charge on any atom is -0.494 e. The monoisotopic (exact) mass is 419 g/mol. The SMILES string of the molecule is CCCOc1cccc([C@H]2c3c(oc4ccccc4c3=O)C(=O)N2c2nncs2)c1. The number of benzene rings is 2. The molecule has 2 aromatic heterocycles. The van der Waals surface area contributed by atoms with Gasteiger partial charge in [0.05, 0.1) is 23.6 Å². The highest BCUT2D eigenvalue weighted by Crippen LogP contribution is 2.42. The van der Waals surface area contributed by atoms with Crippen molar-refractivity contribution in [3.63, 3.8) is 0 Å². The van der Waals surface area contributed by atoms with Crippen LogP contribution in [0.15, 0.2) is 63.3 Å². The van der Waals surface area contributed by atoms with Gasteiger partial charge >= 0.3 is 0 Å². The quantitative estimate of drug-likeness (QED) is 0.482. The molecule has 8 heteroatoms. The second-order valence-corrected chi connectivity index (χ2v) is 7.70. The Morgan fingerprint density at radius 3 is 2.83 bits per heavy atom. The van der Waals surface area contributed by atoms with E-state index in [9.17, 15) is 9.59 Å². The Morgan fingerprint density at radius 2 is 2.03 bits per heavy atom. The molecule has 1 atom stereocenters. The number of amides is 1. The molecule has 0 unspecified atom stereocenters. The van der Waals surface area contributed by atoms with Gasteiger partial charge in [-0.05, 0) is 36.2 Å². The number of para-hydroxylation sites is 1. The standard InChI is InChI=1S/C22H17N3O4S/c1-2-10-28-14-7-5-6-13(11-14)18-17-19(26)15-8-3-4-9-16(15)29-20(17)21(27)25(18)22-24-23-12-30-22/h3-9,11-12,18H,2,10H2,1H3/t18-/m0/s1. The van der Waals surface area contributed by atoms with Gasteiger partial charge in [0, 0.05) is 0 Å². The maximum absolute atomic E-state index is 13.4. The van der Waals surface area contributed by atoms with Crippen LogP contribution in [0.25, 0.3) is 11.0 Å². The number of rotatable bonds is 5. The van der Waals surface area contributed by atoms with E-state index >= 15 is 0 Å². The van der Waals surface area contributed by atoms with Crippen LogP contribution in [-0.4, -0.2) is 22.7 Å². The molecule has 1 amide bonds. The predicted octanol–water partition coefficient (Wildman–Crippen LogP) is 4.18. The van der Waals surface area contributed by atoms with Crippen molar-refractivity contribution in [3.8, 4) is 5.75 Å². The summed E-state index contributed by atoms with van der Waals surface area (Å²) < 4.78 is 11.7. The summed E-state index contributed by atoms with van der Waals surface area (Å²) in [5.74, 6) is 0.311. The van der Waals surface area contributed by atoms with Crippen molar-refractivity contribution in [3.05, 3.63) is 81.2 Å². The Labute approximate surface area is 175 Å². The lowest BCUT2D eigenvalue weighted by atomic mass is 9.98. The van der Waals surface area contributed by atoms with E-state index < -0.39 is 11.9 Å². The fraction of sp³-hybridized carbons (Fsp3) is 0.182. The number of hydrogen-bond acceptors (Lipinski definition) is 7. The molecule has 1 aliphatic rings. The number of aromatic nitrogens is 2. The molecular formula is C22H17N3O4S. The molecule has 0 N–H and O–H groups in total. The van der Waals surface area contributed by atoms with Crippen molar-refractivity contribution < 1.29 is 13.9 Å². The van der Waals surface area contributed by atoms with Crippen LogP contribution >= 0.6 is 11.3 Å². The predicted molar refractivity (Wildman–Crippen MR) is 113 cm³/mol. The Morgan fingerprint density at radius 1 is 1.17 bits per heavy atom. The molecular weight excluding hydrogens is 402 g/mol. The molecule has 5 rings (SSSR count). The van der Waals surface area contributed by atoms with E-state index in [0.717, 1.165) is 12.0 Å². The third kappa shape index (κ3) is 2.88.